The average molecular weight is 360 g/mol. The zero-order valence-electron chi connectivity index (χ0n) is 13.6. The van der Waals surface area contributed by atoms with E-state index in [0.29, 0.717) is 5.56 Å². The van der Waals surface area contributed by atoms with Gasteiger partial charge in [-0.3, -0.25) is 35.1 Å². The molecule has 11 heteroatoms. The summed E-state index contributed by atoms with van der Waals surface area (Å²) in [5, 5.41) is 35.3. The fraction of sp³-hybridized carbons (Fsp3) is 0.133. The molecule has 0 aliphatic rings. The Morgan fingerprint density at radius 2 is 1.42 bits per heavy atom. The Labute approximate surface area is 145 Å². The Bertz CT molecular complexity index is 920. The van der Waals surface area contributed by atoms with Crippen LogP contribution in [-0.4, -0.2) is 20.7 Å². The number of benzene rings is 2. The minimum Gasteiger partial charge on any atom is -0.322 e. The summed E-state index contributed by atoms with van der Waals surface area (Å²) < 4.78 is 0. The van der Waals surface area contributed by atoms with Crippen LogP contribution >= 0.6 is 0 Å². The fourth-order valence-corrected chi connectivity index (χ4v) is 2.29. The molecule has 11 nitrogen and oxygen atoms in total. The van der Waals surface area contributed by atoms with Gasteiger partial charge in [-0.2, -0.15) is 0 Å². The van der Waals surface area contributed by atoms with Gasteiger partial charge in [0.1, 0.15) is 5.56 Å². The van der Waals surface area contributed by atoms with E-state index in [-0.39, 0.29) is 22.5 Å². The second-order valence-electron chi connectivity index (χ2n) is 5.36. The Morgan fingerprint density at radius 3 is 1.85 bits per heavy atom. The number of nitro groups is 3. The Kier molecular flexibility index (Phi) is 4.91. The molecule has 0 atom stereocenters. The number of anilines is 1. The minimum absolute atomic E-state index is 0.164. The minimum atomic E-state index is -0.812. The molecule has 0 aromatic heterocycles. The standard InChI is InChI=1S/C15H12N4O7/c1-8-5-11(17(21)22)3-4-12(8)16-15(20)10-6-13(18(23)24)9(2)14(7-10)19(25)26/h3-7H,1-2H3,(H,16,20). The molecule has 0 unspecified atom stereocenters. The molecule has 2 aromatic carbocycles. The third-order valence-electron chi connectivity index (χ3n) is 3.68. The van der Waals surface area contributed by atoms with Crippen molar-refractivity contribution in [3.63, 3.8) is 0 Å². The first kappa shape index (κ1) is 18.4. The van der Waals surface area contributed by atoms with Gasteiger partial charge >= 0.3 is 0 Å². The highest BCUT2D eigenvalue weighted by atomic mass is 16.6. The van der Waals surface area contributed by atoms with Crippen LogP contribution in [0.25, 0.3) is 0 Å². The summed E-state index contributed by atoms with van der Waals surface area (Å²) in [6.45, 7) is 2.75. The van der Waals surface area contributed by atoms with E-state index in [1.165, 1.54) is 32.0 Å². The smallest absolute Gasteiger partial charge is 0.279 e. The molecule has 26 heavy (non-hydrogen) atoms. The predicted octanol–water partition coefficient (Wildman–Crippen LogP) is 3.28. The fourth-order valence-electron chi connectivity index (χ4n) is 2.29. The van der Waals surface area contributed by atoms with Gasteiger partial charge in [0.25, 0.3) is 23.0 Å². The predicted molar refractivity (Wildman–Crippen MR) is 90.3 cm³/mol. The first-order valence-electron chi connectivity index (χ1n) is 7.11. The van der Waals surface area contributed by atoms with Crippen molar-refractivity contribution in [2.45, 2.75) is 13.8 Å². The lowest BCUT2D eigenvalue weighted by Gasteiger charge is -2.09. The highest BCUT2D eigenvalue weighted by Crippen LogP contribution is 2.30. The number of hydrogen-bond donors (Lipinski definition) is 1. The molecule has 0 saturated carbocycles. The summed E-state index contributed by atoms with van der Waals surface area (Å²) in [4.78, 5) is 43.0. The Balaban J connectivity index is 2.43. The molecule has 1 amide bonds. The summed E-state index contributed by atoms with van der Waals surface area (Å²) in [6, 6.07) is 5.62. The number of rotatable bonds is 5. The van der Waals surface area contributed by atoms with Gasteiger partial charge in [-0.15, -0.1) is 0 Å². The summed E-state index contributed by atoms with van der Waals surface area (Å²) in [7, 11) is 0. The van der Waals surface area contributed by atoms with Crippen LogP contribution in [0.15, 0.2) is 30.3 Å². The second-order valence-corrected chi connectivity index (χ2v) is 5.36. The Hall–Kier alpha value is -3.89. The highest BCUT2D eigenvalue weighted by Gasteiger charge is 2.25. The largest absolute Gasteiger partial charge is 0.322 e. The monoisotopic (exact) mass is 360 g/mol. The van der Waals surface area contributed by atoms with Crippen molar-refractivity contribution in [1.29, 1.82) is 0 Å². The maximum absolute atomic E-state index is 12.4. The zero-order chi connectivity index (χ0) is 19.6. The van der Waals surface area contributed by atoms with Crippen molar-refractivity contribution in [3.8, 4) is 0 Å². The maximum atomic E-state index is 12.4. The summed E-state index contributed by atoms with van der Waals surface area (Å²) in [5.41, 5.74) is -1.07. The Morgan fingerprint density at radius 1 is 0.885 bits per heavy atom. The van der Waals surface area contributed by atoms with Crippen LogP contribution in [0.5, 0.6) is 0 Å². The van der Waals surface area contributed by atoms with Crippen molar-refractivity contribution in [1.82, 2.24) is 0 Å². The highest BCUT2D eigenvalue weighted by molar-refractivity contribution is 6.05. The lowest BCUT2D eigenvalue weighted by atomic mass is 10.1. The normalized spacial score (nSPS) is 10.2. The van der Waals surface area contributed by atoms with Gasteiger partial charge in [-0.1, -0.05) is 0 Å². The van der Waals surface area contributed by atoms with Crippen molar-refractivity contribution in [2.24, 2.45) is 0 Å². The average Bonchev–Trinajstić information content (AvgIpc) is 2.55. The molecule has 0 radical (unpaired) electrons. The number of carbonyl (C=O) groups is 1. The summed E-state index contributed by atoms with van der Waals surface area (Å²) in [5.74, 6) is -0.812. The van der Waals surface area contributed by atoms with Crippen molar-refractivity contribution in [3.05, 3.63) is 77.4 Å². The number of hydrogen-bond acceptors (Lipinski definition) is 7. The topological polar surface area (TPSA) is 159 Å². The molecular weight excluding hydrogens is 348 g/mol. The third-order valence-corrected chi connectivity index (χ3v) is 3.68. The van der Waals surface area contributed by atoms with Gasteiger partial charge in [0.15, 0.2) is 0 Å². The van der Waals surface area contributed by atoms with Gasteiger partial charge in [-0.05, 0) is 25.5 Å². The molecule has 0 heterocycles. The lowest BCUT2D eigenvalue weighted by Crippen LogP contribution is -2.14. The van der Waals surface area contributed by atoms with E-state index in [2.05, 4.69) is 5.32 Å². The molecular formula is C15H12N4O7. The molecule has 2 rings (SSSR count). The van der Waals surface area contributed by atoms with Crippen LogP contribution in [0, 0.1) is 44.2 Å². The molecule has 0 aliphatic carbocycles. The number of nitro benzene ring substituents is 3. The number of amides is 1. The number of nitrogens with zero attached hydrogens (tertiary/aromatic N) is 3. The van der Waals surface area contributed by atoms with Crippen molar-refractivity contribution in [2.75, 3.05) is 5.32 Å². The molecule has 1 N–H and O–H groups in total. The van der Waals surface area contributed by atoms with E-state index in [4.69, 9.17) is 0 Å². The van der Waals surface area contributed by atoms with Crippen LogP contribution in [0.4, 0.5) is 22.7 Å². The molecule has 0 spiro atoms. The molecule has 2 aromatic rings. The first-order chi connectivity index (χ1) is 12.1. The molecule has 134 valence electrons. The van der Waals surface area contributed by atoms with E-state index in [9.17, 15) is 35.1 Å². The molecule has 0 aliphatic heterocycles. The van der Waals surface area contributed by atoms with E-state index in [1.54, 1.807) is 0 Å². The van der Waals surface area contributed by atoms with E-state index >= 15 is 0 Å². The maximum Gasteiger partial charge on any atom is 0.279 e. The van der Waals surface area contributed by atoms with E-state index in [0.717, 1.165) is 12.1 Å². The number of non-ortho nitro benzene ring substituents is 1. The van der Waals surface area contributed by atoms with Crippen molar-refractivity contribution >= 4 is 28.7 Å². The second kappa shape index (κ2) is 6.93. The van der Waals surface area contributed by atoms with Crippen LogP contribution in [0.2, 0.25) is 0 Å². The van der Waals surface area contributed by atoms with E-state index < -0.39 is 32.1 Å². The van der Waals surface area contributed by atoms with Crippen LogP contribution < -0.4 is 5.32 Å². The first-order valence-corrected chi connectivity index (χ1v) is 7.11. The van der Waals surface area contributed by atoms with Gasteiger partial charge in [0.05, 0.1) is 20.3 Å². The SMILES string of the molecule is Cc1cc([N+](=O)[O-])ccc1NC(=O)c1cc([N+](=O)[O-])c(C)c([N+](=O)[O-])c1. The molecule has 0 saturated heterocycles. The van der Waals surface area contributed by atoms with Gasteiger partial charge < -0.3 is 5.32 Å². The van der Waals surface area contributed by atoms with Crippen LogP contribution in [0.1, 0.15) is 21.5 Å². The quantitative estimate of drug-likeness (QED) is 0.632. The van der Waals surface area contributed by atoms with Crippen molar-refractivity contribution < 1.29 is 19.6 Å². The number of aryl methyl sites for hydroxylation is 1. The zero-order valence-corrected chi connectivity index (χ0v) is 13.6. The molecule has 0 fully saturated rings. The summed E-state index contributed by atoms with van der Waals surface area (Å²) >= 11 is 0. The van der Waals surface area contributed by atoms with E-state index in [1.807, 2.05) is 0 Å². The number of nitrogens with one attached hydrogen (secondary N) is 1. The molecule has 0 bridgehead atoms. The number of carbonyl (C=O) groups excluding carboxylic acids is 1. The van der Waals surface area contributed by atoms with Crippen LogP contribution in [0.3, 0.4) is 0 Å². The van der Waals surface area contributed by atoms with Gasteiger partial charge in [-0.25, -0.2) is 0 Å². The van der Waals surface area contributed by atoms with Crippen LogP contribution in [-0.2, 0) is 0 Å². The lowest BCUT2D eigenvalue weighted by molar-refractivity contribution is -0.395. The van der Waals surface area contributed by atoms with Gasteiger partial charge in [0, 0.05) is 30.0 Å². The van der Waals surface area contributed by atoms with Gasteiger partial charge in [0.2, 0.25) is 0 Å². The third kappa shape index (κ3) is 3.61. The summed E-state index contributed by atoms with van der Waals surface area (Å²) in [6.07, 6.45) is 0.